The first-order valence-corrected chi connectivity index (χ1v) is 15.0. The number of thiophene rings is 1. The van der Waals surface area contributed by atoms with Crippen molar-refractivity contribution in [3.05, 3.63) is 101 Å². The van der Waals surface area contributed by atoms with Gasteiger partial charge in [-0.1, -0.05) is 43.3 Å². The van der Waals surface area contributed by atoms with Gasteiger partial charge in [0.1, 0.15) is 0 Å². The Bertz CT molecular complexity index is 1570. The first kappa shape index (κ1) is 26.9. The molecule has 0 aliphatic rings. The van der Waals surface area contributed by atoms with E-state index in [2.05, 4.69) is 83.4 Å². The van der Waals surface area contributed by atoms with E-state index in [0.29, 0.717) is 6.42 Å². The maximum absolute atomic E-state index is 12.5. The molecule has 0 saturated carbocycles. The molecule has 0 saturated heterocycles. The molecule has 0 aliphatic heterocycles. The van der Waals surface area contributed by atoms with Crippen LogP contribution in [0.15, 0.2) is 94.2 Å². The molecule has 7 heteroatoms. The Morgan fingerprint density at radius 3 is 2.74 bits per heavy atom. The molecule has 2 aromatic carbocycles. The van der Waals surface area contributed by atoms with Crippen LogP contribution in [0.4, 0.5) is 17.1 Å². The molecular weight excluding hydrogens is 521 g/mol. The topological polar surface area (TPSA) is 66.9 Å². The van der Waals surface area contributed by atoms with Crippen molar-refractivity contribution in [2.45, 2.75) is 55.7 Å². The van der Waals surface area contributed by atoms with Crippen molar-refractivity contribution in [1.82, 2.24) is 9.97 Å². The normalized spacial score (nSPS) is 11.0. The molecule has 0 atom stereocenters. The average molecular weight is 553 g/mol. The van der Waals surface area contributed by atoms with Gasteiger partial charge < -0.3 is 10.6 Å². The predicted molar refractivity (Wildman–Crippen MR) is 164 cm³/mol. The fourth-order valence-electron chi connectivity index (χ4n) is 4.41. The zero-order valence-electron chi connectivity index (χ0n) is 22.2. The molecule has 0 bridgehead atoms. The number of carbonyl (C=O) groups excluding carboxylic acids is 1. The van der Waals surface area contributed by atoms with Gasteiger partial charge in [-0.05, 0) is 91.7 Å². The maximum atomic E-state index is 12.5. The van der Waals surface area contributed by atoms with Crippen LogP contribution in [-0.2, 0) is 17.6 Å². The molecule has 0 spiro atoms. The molecule has 198 valence electrons. The maximum Gasteiger partial charge on any atom is 0.224 e. The molecule has 5 rings (SSSR count). The first-order valence-electron chi connectivity index (χ1n) is 13.3. The van der Waals surface area contributed by atoms with Crippen molar-refractivity contribution in [2.24, 2.45) is 0 Å². The summed E-state index contributed by atoms with van der Waals surface area (Å²) in [7, 11) is 0. The van der Waals surface area contributed by atoms with Gasteiger partial charge in [0.05, 0.1) is 11.4 Å². The van der Waals surface area contributed by atoms with E-state index in [1.54, 1.807) is 23.1 Å². The van der Waals surface area contributed by atoms with Gasteiger partial charge in [0.25, 0.3) is 0 Å². The number of fused-ring (bicyclic) bond motifs is 1. The van der Waals surface area contributed by atoms with E-state index >= 15 is 0 Å². The van der Waals surface area contributed by atoms with Crippen LogP contribution < -0.4 is 10.6 Å². The van der Waals surface area contributed by atoms with Crippen LogP contribution in [0.5, 0.6) is 0 Å². The summed E-state index contributed by atoms with van der Waals surface area (Å²) in [5, 5.41) is 9.78. The summed E-state index contributed by atoms with van der Waals surface area (Å²) in [5.74, 6) is 0.0478. The summed E-state index contributed by atoms with van der Waals surface area (Å²) < 4.78 is 0. The number of hydrogen-bond acceptors (Lipinski definition) is 6. The number of aromatic nitrogens is 2. The highest BCUT2D eigenvalue weighted by Crippen LogP contribution is 2.37. The quantitative estimate of drug-likeness (QED) is 0.171. The van der Waals surface area contributed by atoms with E-state index in [9.17, 15) is 4.79 Å². The number of rotatable bonds is 11. The van der Waals surface area contributed by atoms with Gasteiger partial charge in [0.2, 0.25) is 5.91 Å². The summed E-state index contributed by atoms with van der Waals surface area (Å²) in [6, 6.07) is 24.8. The summed E-state index contributed by atoms with van der Waals surface area (Å²) in [6.45, 7) is 4.25. The smallest absolute Gasteiger partial charge is 0.224 e. The number of carbonyl (C=O) groups is 1. The van der Waals surface area contributed by atoms with Crippen LogP contribution in [0.25, 0.3) is 11.0 Å². The van der Waals surface area contributed by atoms with Gasteiger partial charge in [-0.3, -0.25) is 4.79 Å². The summed E-state index contributed by atoms with van der Waals surface area (Å²) in [6.07, 6.45) is 6.10. The van der Waals surface area contributed by atoms with Crippen molar-refractivity contribution >= 4 is 57.1 Å². The van der Waals surface area contributed by atoms with E-state index < -0.39 is 0 Å². The van der Waals surface area contributed by atoms with E-state index in [1.807, 2.05) is 30.5 Å². The van der Waals surface area contributed by atoms with Crippen LogP contribution in [-0.4, -0.2) is 15.9 Å². The Labute approximate surface area is 238 Å². The third-order valence-corrected chi connectivity index (χ3v) is 8.33. The van der Waals surface area contributed by atoms with Crippen LogP contribution in [0.2, 0.25) is 0 Å². The lowest BCUT2D eigenvalue weighted by Gasteiger charge is -2.15. The van der Waals surface area contributed by atoms with Crippen molar-refractivity contribution in [3.63, 3.8) is 0 Å². The number of aryl methyl sites for hydroxylation is 3. The van der Waals surface area contributed by atoms with Gasteiger partial charge in [0.15, 0.2) is 5.65 Å². The van der Waals surface area contributed by atoms with Gasteiger partial charge in [-0.25, -0.2) is 9.97 Å². The molecule has 5 nitrogen and oxygen atoms in total. The lowest BCUT2D eigenvalue weighted by atomic mass is 10.1. The van der Waals surface area contributed by atoms with Crippen molar-refractivity contribution in [2.75, 3.05) is 10.6 Å². The van der Waals surface area contributed by atoms with Crippen LogP contribution in [0.3, 0.4) is 0 Å². The molecule has 5 aromatic rings. The molecule has 0 aliphatic carbocycles. The number of hydrogen-bond donors (Lipinski definition) is 2. The van der Waals surface area contributed by atoms with Crippen molar-refractivity contribution < 1.29 is 4.79 Å². The Hall–Kier alpha value is -3.68. The summed E-state index contributed by atoms with van der Waals surface area (Å²) >= 11 is 3.41. The molecule has 3 aromatic heterocycles. The van der Waals surface area contributed by atoms with E-state index in [4.69, 9.17) is 4.98 Å². The summed E-state index contributed by atoms with van der Waals surface area (Å²) in [5.41, 5.74) is 5.81. The highest BCUT2D eigenvalue weighted by atomic mass is 32.2. The molecule has 0 radical (unpaired) electrons. The zero-order valence-corrected chi connectivity index (χ0v) is 23.9. The van der Waals surface area contributed by atoms with E-state index in [-0.39, 0.29) is 5.91 Å². The second kappa shape index (κ2) is 12.9. The zero-order chi connectivity index (χ0) is 27.0. The van der Waals surface area contributed by atoms with Crippen molar-refractivity contribution in [3.8, 4) is 0 Å². The van der Waals surface area contributed by atoms with Crippen LogP contribution in [0.1, 0.15) is 42.3 Å². The van der Waals surface area contributed by atoms with Gasteiger partial charge in [-0.15, -0.1) is 11.3 Å². The number of pyridine rings is 2. The average Bonchev–Trinajstić information content (AvgIpc) is 3.44. The Morgan fingerprint density at radius 1 is 0.974 bits per heavy atom. The molecule has 0 unspecified atom stereocenters. The predicted octanol–water partition coefficient (Wildman–Crippen LogP) is 8.81. The SMILES string of the molecule is CCCc1ccc2c(Nc3cc(C)ccc3Sc3cccc(NC(=O)CCCc4cccs4)c3)ccnc2n1. The highest BCUT2D eigenvalue weighted by molar-refractivity contribution is 7.99. The first-order chi connectivity index (χ1) is 19.1. The number of benzene rings is 2. The standard InChI is InChI=1S/C32H32N4OS2/c1-3-7-23-14-15-27-28(17-18-33-32(27)35-23)36-29-20-22(2)13-16-30(29)39-26-10-4-8-24(21-26)34-31(37)12-5-9-25-11-6-19-38-25/h4,6,8,10-11,13-21H,3,5,7,9,12H2,1-2H3,(H,34,37)(H,33,35,36). The summed E-state index contributed by atoms with van der Waals surface area (Å²) in [4.78, 5) is 25.3. The van der Waals surface area contributed by atoms with Crippen LogP contribution >= 0.6 is 23.1 Å². The van der Waals surface area contributed by atoms with Crippen LogP contribution in [0, 0.1) is 6.92 Å². The Morgan fingerprint density at radius 2 is 1.90 bits per heavy atom. The minimum Gasteiger partial charge on any atom is -0.354 e. The number of amides is 1. The fourth-order valence-corrected chi connectivity index (χ4v) is 6.11. The molecule has 3 heterocycles. The molecular formula is C32H32N4OS2. The third kappa shape index (κ3) is 7.25. The van der Waals surface area contributed by atoms with Crippen molar-refractivity contribution in [1.29, 1.82) is 0 Å². The monoisotopic (exact) mass is 552 g/mol. The highest BCUT2D eigenvalue weighted by Gasteiger charge is 2.11. The number of nitrogens with zero attached hydrogens (tertiary/aromatic N) is 2. The van der Waals surface area contributed by atoms with E-state index in [1.165, 1.54) is 10.4 Å². The largest absolute Gasteiger partial charge is 0.354 e. The number of anilines is 3. The Kier molecular flexibility index (Phi) is 8.91. The minimum atomic E-state index is 0.0478. The van der Waals surface area contributed by atoms with Gasteiger partial charge >= 0.3 is 0 Å². The molecule has 1 amide bonds. The minimum absolute atomic E-state index is 0.0478. The second-order valence-electron chi connectivity index (χ2n) is 9.52. The van der Waals surface area contributed by atoms with Gasteiger partial charge in [0, 0.05) is 44.1 Å². The number of nitrogens with one attached hydrogen (secondary N) is 2. The Balaban J connectivity index is 1.29. The lowest BCUT2D eigenvalue weighted by molar-refractivity contribution is -0.116. The molecule has 39 heavy (non-hydrogen) atoms. The fraction of sp³-hybridized carbons (Fsp3) is 0.219. The van der Waals surface area contributed by atoms with Gasteiger partial charge in [-0.2, -0.15) is 0 Å². The van der Waals surface area contributed by atoms with E-state index in [0.717, 1.165) is 69.3 Å². The lowest BCUT2D eigenvalue weighted by Crippen LogP contribution is -2.11. The third-order valence-electron chi connectivity index (χ3n) is 6.32. The molecule has 0 fully saturated rings. The molecule has 2 N–H and O–H groups in total. The second-order valence-corrected chi connectivity index (χ2v) is 11.7.